The van der Waals surface area contributed by atoms with Crippen LogP contribution in [0.25, 0.3) is 0 Å². The Kier molecular flexibility index (Phi) is 5.89. The summed E-state index contributed by atoms with van der Waals surface area (Å²) < 4.78 is 20.1. The van der Waals surface area contributed by atoms with Gasteiger partial charge >= 0.3 is 11.7 Å². The van der Waals surface area contributed by atoms with Crippen molar-refractivity contribution < 1.29 is 13.9 Å². The lowest BCUT2D eigenvalue weighted by atomic mass is 10.2. The predicted molar refractivity (Wildman–Crippen MR) is 97.4 cm³/mol. The molecule has 1 aliphatic rings. The molecule has 2 N–H and O–H groups in total. The lowest BCUT2D eigenvalue weighted by Gasteiger charge is -2.23. The molecule has 26 heavy (non-hydrogen) atoms. The summed E-state index contributed by atoms with van der Waals surface area (Å²) in [6.45, 7) is 1.86. The van der Waals surface area contributed by atoms with Gasteiger partial charge in [0.2, 0.25) is 0 Å². The van der Waals surface area contributed by atoms with E-state index in [4.69, 9.17) is 10.5 Å². The van der Waals surface area contributed by atoms with E-state index in [2.05, 4.69) is 9.88 Å². The normalized spacial score (nSPS) is 17.3. The highest BCUT2D eigenvalue weighted by molar-refractivity contribution is 8.00. The second-order valence-corrected chi connectivity index (χ2v) is 7.06. The van der Waals surface area contributed by atoms with Gasteiger partial charge in [-0.2, -0.15) is 4.98 Å². The molecule has 2 aromatic rings. The molecule has 0 unspecified atom stereocenters. The number of halogens is 1. The van der Waals surface area contributed by atoms with Crippen LogP contribution in [0.4, 0.5) is 10.2 Å². The molecule has 0 amide bonds. The zero-order chi connectivity index (χ0) is 18.5. The minimum absolute atomic E-state index is 0.00459. The summed E-state index contributed by atoms with van der Waals surface area (Å²) in [7, 11) is 0. The first kappa shape index (κ1) is 18.4. The van der Waals surface area contributed by atoms with Gasteiger partial charge in [0.15, 0.2) is 11.6 Å². The van der Waals surface area contributed by atoms with E-state index in [1.165, 1.54) is 4.57 Å². The maximum absolute atomic E-state index is 13.5. The smallest absolute Gasteiger partial charge is 0.349 e. The molecule has 1 aromatic heterocycles. The van der Waals surface area contributed by atoms with Gasteiger partial charge in [0.25, 0.3) is 0 Å². The highest BCUT2D eigenvalue weighted by atomic mass is 32.2. The number of anilines is 1. The second-order valence-electron chi connectivity index (χ2n) is 5.78. The van der Waals surface area contributed by atoms with Gasteiger partial charge in [0.05, 0.1) is 10.9 Å². The van der Waals surface area contributed by atoms with Gasteiger partial charge in [0.1, 0.15) is 6.61 Å². The van der Waals surface area contributed by atoms with Crippen molar-refractivity contribution in [2.75, 3.05) is 31.2 Å². The van der Waals surface area contributed by atoms with Crippen LogP contribution < -0.4 is 11.4 Å². The van der Waals surface area contributed by atoms with Crippen molar-refractivity contribution in [3.8, 4) is 0 Å². The molecule has 0 saturated carbocycles. The number of thioether (sulfide) groups is 1. The van der Waals surface area contributed by atoms with Crippen LogP contribution in [0.5, 0.6) is 0 Å². The number of ether oxygens (including phenoxy) is 1. The van der Waals surface area contributed by atoms with Crippen LogP contribution in [0.3, 0.4) is 0 Å². The van der Waals surface area contributed by atoms with Crippen molar-refractivity contribution >= 4 is 23.5 Å². The molecular formula is C17H19FN4O3S. The maximum atomic E-state index is 13.5. The second kappa shape index (κ2) is 8.33. The fourth-order valence-corrected chi connectivity index (χ4v) is 3.84. The highest BCUT2D eigenvalue weighted by Crippen LogP contribution is 2.24. The van der Waals surface area contributed by atoms with Crippen LogP contribution in [0.1, 0.15) is 10.4 Å². The third-order valence-corrected chi connectivity index (χ3v) is 5.30. The number of hydrogen-bond donors (Lipinski definition) is 1. The molecule has 1 aromatic carbocycles. The molecule has 7 nitrogen and oxygen atoms in total. The van der Waals surface area contributed by atoms with Gasteiger partial charge in [-0.15, -0.1) is 11.8 Å². The molecule has 1 saturated heterocycles. The van der Waals surface area contributed by atoms with Crippen LogP contribution in [-0.2, 0) is 11.3 Å². The Morgan fingerprint density at radius 2 is 2.12 bits per heavy atom. The molecule has 1 fully saturated rings. The van der Waals surface area contributed by atoms with Crippen molar-refractivity contribution in [2.24, 2.45) is 0 Å². The van der Waals surface area contributed by atoms with E-state index in [0.717, 1.165) is 18.5 Å². The summed E-state index contributed by atoms with van der Waals surface area (Å²) >= 11 is 1.68. The average Bonchev–Trinajstić information content (AvgIpc) is 3.09. The van der Waals surface area contributed by atoms with Gasteiger partial charge in [0, 0.05) is 31.6 Å². The van der Waals surface area contributed by atoms with Crippen molar-refractivity contribution in [3.63, 3.8) is 0 Å². The van der Waals surface area contributed by atoms with Gasteiger partial charge in [-0.05, 0) is 12.1 Å². The predicted octanol–water partition coefficient (Wildman–Crippen LogP) is 1.20. The van der Waals surface area contributed by atoms with Crippen LogP contribution in [0.2, 0.25) is 0 Å². The standard InChI is InChI=1S/C17H19FN4O3S/c18-13-10-22(17(24)20-15(13)19)7-6-21-8-9-26-14(21)11-25-16(23)12-4-2-1-3-5-12/h1-5,10,14H,6-9,11H2,(H2,19,20,24)/t14-/m1/s1. The maximum Gasteiger partial charge on any atom is 0.349 e. The summed E-state index contributed by atoms with van der Waals surface area (Å²) in [4.78, 5) is 29.4. The molecule has 2 heterocycles. The Balaban J connectivity index is 1.54. The number of nitrogens with two attached hydrogens (primary N) is 1. The molecule has 0 spiro atoms. The first-order valence-electron chi connectivity index (χ1n) is 8.15. The lowest BCUT2D eigenvalue weighted by Crippen LogP contribution is -2.37. The Morgan fingerprint density at radius 1 is 1.35 bits per heavy atom. The van der Waals surface area contributed by atoms with Gasteiger partial charge in [-0.3, -0.25) is 9.47 Å². The number of rotatable bonds is 6. The Hall–Kier alpha value is -2.39. The largest absolute Gasteiger partial charge is 0.460 e. The highest BCUT2D eigenvalue weighted by Gasteiger charge is 2.26. The van der Waals surface area contributed by atoms with E-state index in [0.29, 0.717) is 12.1 Å². The van der Waals surface area contributed by atoms with Crippen LogP contribution in [-0.4, -0.2) is 51.2 Å². The minimum Gasteiger partial charge on any atom is -0.460 e. The molecule has 0 radical (unpaired) electrons. The Bertz CT molecular complexity index is 831. The topological polar surface area (TPSA) is 90.4 Å². The van der Waals surface area contributed by atoms with Crippen molar-refractivity contribution in [1.29, 1.82) is 0 Å². The molecule has 3 rings (SSSR count). The van der Waals surface area contributed by atoms with Crippen molar-refractivity contribution in [1.82, 2.24) is 14.5 Å². The van der Waals surface area contributed by atoms with E-state index in [9.17, 15) is 14.0 Å². The fraction of sp³-hybridized carbons (Fsp3) is 0.353. The Morgan fingerprint density at radius 3 is 2.88 bits per heavy atom. The molecule has 1 atom stereocenters. The van der Waals surface area contributed by atoms with Crippen molar-refractivity contribution in [3.05, 3.63) is 58.4 Å². The number of nitrogen functional groups attached to an aromatic ring is 1. The zero-order valence-electron chi connectivity index (χ0n) is 14.0. The molecular weight excluding hydrogens is 359 g/mol. The molecule has 9 heteroatoms. The number of carbonyl (C=O) groups is 1. The average molecular weight is 378 g/mol. The monoisotopic (exact) mass is 378 g/mol. The third-order valence-electron chi connectivity index (χ3n) is 4.07. The summed E-state index contributed by atoms with van der Waals surface area (Å²) in [6.07, 6.45) is 1.07. The number of benzene rings is 1. The number of esters is 1. The van der Waals surface area contributed by atoms with Crippen LogP contribution >= 0.6 is 11.8 Å². The van der Waals surface area contributed by atoms with E-state index in [1.54, 1.807) is 36.0 Å². The van der Waals surface area contributed by atoms with Crippen LogP contribution in [0.15, 0.2) is 41.3 Å². The van der Waals surface area contributed by atoms with E-state index < -0.39 is 17.3 Å². The molecule has 138 valence electrons. The first-order chi connectivity index (χ1) is 12.5. The van der Waals surface area contributed by atoms with E-state index >= 15 is 0 Å². The Labute approximate surface area is 154 Å². The summed E-state index contributed by atoms with van der Waals surface area (Å²) in [5.41, 5.74) is 5.21. The molecule has 0 bridgehead atoms. The first-order valence-corrected chi connectivity index (χ1v) is 9.20. The number of carbonyl (C=O) groups excluding carboxylic acids is 1. The third kappa shape index (κ3) is 4.41. The van der Waals surface area contributed by atoms with E-state index in [-0.39, 0.29) is 24.5 Å². The molecule has 0 aliphatic carbocycles. The number of nitrogens with zero attached hydrogens (tertiary/aromatic N) is 3. The number of hydrogen-bond acceptors (Lipinski definition) is 7. The molecule has 1 aliphatic heterocycles. The van der Waals surface area contributed by atoms with Gasteiger partial charge in [-0.25, -0.2) is 14.0 Å². The lowest BCUT2D eigenvalue weighted by molar-refractivity contribution is 0.0446. The fourth-order valence-electron chi connectivity index (χ4n) is 2.64. The van der Waals surface area contributed by atoms with Crippen LogP contribution in [0, 0.1) is 5.82 Å². The number of aromatic nitrogens is 2. The quantitative estimate of drug-likeness (QED) is 0.755. The zero-order valence-corrected chi connectivity index (χ0v) is 14.8. The minimum atomic E-state index is -0.714. The van der Waals surface area contributed by atoms with E-state index in [1.807, 2.05) is 6.07 Å². The SMILES string of the molecule is Nc1nc(=O)n(CCN2CCS[C@@H]2COC(=O)c2ccccc2)cc1F. The van der Waals surface area contributed by atoms with Crippen molar-refractivity contribution in [2.45, 2.75) is 11.9 Å². The van der Waals surface area contributed by atoms with Gasteiger partial charge in [-0.1, -0.05) is 18.2 Å². The van der Waals surface area contributed by atoms with Gasteiger partial charge < -0.3 is 10.5 Å². The summed E-state index contributed by atoms with van der Waals surface area (Å²) in [5.74, 6) is -0.571. The summed E-state index contributed by atoms with van der Waals surface area (Å²) in [5, 5.41) is 0.00459. The summed E-state index contributed by atoms with van der Waals surface area (Å²) in [6, 6.07) is 8.81.